The number of esters is 1. The van der Waals surface area contributed by atoms with Gasteiger partial charge in [-0.3, -0.25) is 9.69 Å². The van der Waals surface area contributed by atoms with Crippen molar-refractivity contribution in [1.29, 1.82) is 0 Å². The van der Waals surface area contributed by atoms with Crippen molar-refractivity contribution >= 4 is 11.9 Å². The van der Waals surface area contributed by atoms with Crippen LogP contribution in [0.5, 0.6) is 0 Å². The Morgan fingerprint density at radius 1 is 1.38 bits per heavy atom. The Hall–Kier alpha value is -1.14. The van der Waals surface area contributed by atoms with Crippen LogP contribution in [0.2, 0.25) is 0 Å². The Labute approximate surface area is 126 Å². The minimum Gasteiger partial charge on any atom is -0.467 e. The first kappa shape index (κ1) is 17.9. The summed E-state index contributed by atoms with van der Waals surface area (Å²) < 4.78 is 4.74. The van der Waals surface area contributed by atoms with Crippen molar-refractivity contribution in [3.8, 4) is 0 Å². The fourth-order valence-corrected chi connectivity index (χ4v) is 2.74. The van der Waals surface area contributed by atoms with Gasteiger partial charge < -0.3 is 15.2 Å². The number of ether oxygens (including phenoxy) is 1. The Morgan fingerprint density at radius 3 is 2.48 bits per heavy atom. The molecule has 0 aromatic rings. The minimum absolute atomic E-state index is 0.0230. The maximum atomic E-state index is 12.0. The van der Waals surface area contributed by atoms with Crippen LogP contribution in [-0.2, 0) is 14.3 Å². The summed E-state index contributed by atoms with van der Waals surface area (Å²) >= 11 is 0. The number of likely N-dealkylation sites (tertiary alicyclic amines) is 1. The fourth-order valence-electron chi connectivity index (χ4n) is 2.74. The summed E-state index contributed by atoms with van der Waals surface area (Å²) in [7, 11) is 1.32. The van der Waals surface area contributed by atoms with Gasteiger partial charge in [0.2, 0.25) is 5.91 Å². The number of hydrogen-bond acceptors (Lipinski definition) is 5. The third kappa shape index (κ3) is 4.97. The number of methoxy groups -OCH3 is 1. The Kier molecular flexibility index (Phi) is 6.61. The second-order valence-corrected chi connectivity index (χ2v) is 6.07. The smallest absolute Gasteiger partial charge is 0.328 e. The predicted octanol–water partition coefficient (Wildman–Crippen LogP) is 0.537. The minimum atomic E-state index is -0.645. The van der Waals surface area contributed by atoms with Gasteiger partial charge in [0.1, 0.15) is 6.04 Å². The number of carbonyl (C=O) groups excluding carboxylic acids is 2. The van der Waals surface area contributed by atoms with Crippen molar-refractivity contribution < 1.29 is 19.4 Å². The van der Waals surface area contributed by atoms with Gasteiger partial charge in [0.25, 0.3) is 0 Å². The molecule has 122 valence electrons. The highest BCUT2D eigenvalue weighted by Gasteiger charge is 2.41. The third-order valence-corrected chi connectivity index (χ3v) is 4.10. The molecule has 1 aliphatic heterocycles. The van der Waals surface area contributed by atoms with Gasteiger partial charge in [0.15, 0.2) is 0 Å². The molecule has 0 aromatic heterocycles. The van der Waals surface area contributed by atoms with E-state index in [1.807, 2.05) is 25.7 Å². The highest BCUT2D eigenvalue weighted by Crippen LogP contribution is 2.25. The maximum Gasteiger partial charge on any atom is 0.328 e. The average Bonchev–Trinajstić information content (AvgIpc) is 2.41. The van der Waals surface area contributed by atoms with E-state index in [0.29, 0.717) is 13.1 Å². The molecule has 0 spiro atoms. The molecule has 2 unspecified atom stereocenters. The Morgan fingerprint density at radius 2 is 2.00 bits per heavy atom. The lowest BCUT2D eigenvalue weighted by atomic mass is 9.89. The summed E-state index contributed by atoms with van der Waals surface area (Å²) in [5.74, 6) is -0.595. The van der Waals surface area contributed by atoms with E-state index < -0.39 is 17.6 Å². The van der Waals surface area contributed by atoms with E-state index in [9.17, 15) is 14.7 Å². The summed E-state index contributed by atoms with van der Waals surface area (Å²) in [5.41, 5.74) is -0.645. The molecule has 0 bridgehead atoms. The first-order chi connectivity index (χ1) is 9.85. The van der Waals surface area contributed by atoms with Crippen LogP contribution < -0.4 is 5.32 Å². The number of aliphatic hydroxyl groups is 1. The second-order valence-electron chi connectivity index (χ2n) is 6.07. The van der Waals surface area contributed by atoms with Gasteiger partial charge in [-0.15, -0.1) is 0 Å². The van der Waals surface area contributed by atoms with E-state index in [-0.39, 0.29) is 18.4 Å². The Bertz CT molecular complexity index is 367. The lowest BCUT2D eigenvalue weighted by molar-refractivity contribution is -0.148. The van der Waals surface area contributed by atoms with Crippen LogP contribution in [0.4, 0.5) is 0 Å². The van der Waals surface area contributed by atoms with Crippen LogP contribution in [0.15, 0.2) is 0 Å². The molecule has 1 heterocycles. The summed E-state index contributed by atoms with van der Waals surface area (Å²) in [6.07, 6.45) is 2.46. The van der Waals surface area contributed by atoms with E-state index in [4.69, 9.17) is 4.74 Å². The van der Waals surface area contributed by atoms with E-state index in [1.165, 1.54) is 7.11 Å². The lowest BCUT2D eigenvalue weighted by Crippen LogP contribution is -2.63. The molecule has 6 heteroatoms. The lowest BCUT2D eigenvalue weighted by Gasteiger charge is -2.46. The zero-order chi connectivity index (χ0) is 16.0. The molecule has 1 rings (SSSR count). The van der Waals surface area contributed by atoms with Gasteiger partial charge in [-0.25, -0.2) is 4.79 Å². The third-order valence-electron chi connectivity index (χ3n) is 4.10. The number of rotatable bonds is 8. The van der Waals surface area contributed by atoms with Crippen LogP contribution in [0, 0.1) is 5.92 Å². The molecule has 1 fully saturated rings. The number of amides is 1. The highest BCUT2D eigenvalue weighted by atomic mass is 16.5. The standard InChI is InChI=1S/C15H28N2O4/c1-5-7-15(20)9-17(10-15)8-12(18)16-13(11(3)6-2)14(19)21-4/h11,13,20H,5-10H2,1-4H3,(H,16,18). The van der Waals surface area contributed by atoms with E-state index in [2.05, 4.69) is 5.32 Å². The molecule has 0 saturated carbocycles. The molecule has 6 nitrogen and oxygen atoms in total. The van der Waals surface area contributed by atoms with Crippen molar-refractivity contribution in [3.63, 3.8) is 0 Å². The molecule has 1 aliphatic rings. The largest absolute Gasteiger partial charge is 0.467 e. The molecule has 1 amide bonds. The zero-order valence-electron chi connectivity index (χ0n) is 13.5. The van der Waals surface area contributed by atoms with Gasteiger partial charge in [-0.1, -0.05) is 33.6 Å². The average molecular weight is 300 g/mol. The van der Waals surface area contributed by atoms with Gasteiger partial charge in [0, 0.05) is 13.1 Å². The topological polar surface area (TPSA) is 78.9 Å². The monoisotopic (exact) mass is 300 g/mol. The molecule has 2 N–H and O–H groups in total. The SMILES string of the molecule is CCCC1(O)CN(CC(=O)NC(C(=O)OC)C(C)CC)C1. The highest BCUT2D eigenvalue weighted by molar-refractivity contribution is 5.85. The van der Waals surface area contributed by atoms with Crippen molar-refractivity contribution in [2.45, 2.75) is 51.7 Å². The van der Waals surface area contributed by atoms with Gasteiger partial charge in [-0.05, 0) is 12.3 Å². The quantitative estimate of drug-likeness (QED) is 0.640. The van der Waals surface area contributed by atoms with Crippen LogP contribution in [-0.4, -0.2) is 60.3 Å². The molecule has 0 radical (unpaired) electrons. The molecule has 21 heavy (non-hydrogen) atoms. The van der Waals surface area contributed by atoms with Crippen LogP contribution in [0.1, 0.15) is 40.0 Å². The van der Waals surface area contributed by atoms with Gasteiger partial charge in [0.05, 0.1) is 19.3 Å². The zero-order valence-corrected chi connectivity index (χ0v) is 13.5. The van der Waals surface area contributed by atoms with Gasteiger partial charge in [-0.2, -0.15) is 0 Å². The summed E-state index contributed by atoms with van der Waals surface area (Å²) in [5, 5.41) is 12.8. The second kappa shape index (κ2) is 7.75. The molecular weight excluding hydrogens is 272 g/mol. The van der Waals surface area contributed by atoms with Crippen LogP contribution in [0.25, 0.3) is 0 Å². The first-order valence-corrected chi connectivity index (χ1v) is 7.67. The molecule has 1 saturated heterocycles. The number of hydrogen-bond donors (Lipinski definition) is 2. The first-order valence-electron chi connectivity index (χ1n) is 7.67. The summed E-state index contributed by atoms with van der Waals surface area (Å²) in [6.45, 7) is 7.13. The predicted molar refractivity (Wildman–Crippen MR) is 79.7 cm³/mol. The van der Waals surface area contributed by atoms with Gasteiger partial charge >= 0.3 is 5.97 Å². The normalized spacial score (nSPS) is 20.2. The van der Waals surface area contributed by atoms with Crippen LogP contribution in [0.3, 0.4) is 0 Å². The summed E-state index contributed by atoms with van der Waals surface area (Å²) in [4.78, 5) is 25.6. The number of β-amino-alcohol motifs (C(OH)–C–C–N with tert-alkyl or cyclic N) is 1. The summed E-state index contributed by atoms with van der Waals surface area (Å²) in [6, 6.07) is -0.608. The van der Waals surface area contributed by atoms with Crippen molar-refractivity contribution in [3.05, 3.63) is 0 Å². The number of nitrogens with zero attached hydrogens (tertiary/aromatic N) is 1. The van der Waals surface area contributed by atoms with Crippen molar-refractivity contribution in [1.82, 2.24) is 10.2 Å². The van der Waals surface area contributed by atoms with Crippen LogP contribution >= 0.6 is 0 Å². The maximum absolute atomic E-state index is 12.0. The molecular formula is C15H28N2O4. The fraction of sp³-hybridized carbons (Fsp3) is 0.867. The Balaban J connectivity index is 2.44. The molecule has 2 atom stereocenters. The van der Waals surface area contributed by atoms with Crippen molar-refractivity contribution in [2.75, 3.05) is 26.7 Å². The van der Waals surface area contributed by atoms with E-state index >= 15 is 0 Å². The number of nitrogens with one attached hydrogen (secondary N) is 1. The van der Waals surface area contributed by atoms with Crippen molar-refractivity contribution in [2.24, 2.45) is 5.92 Å². The number of carbonyl (C=O) groups is 2. The molecule has 0 aliphatic carbocycles. The van der Waals surface area contributed by atoms with E-state index in [1.54, 1.807) is 0 Å². The molecule has 0 aromatic carbocycles. The van der Waals surface area contributed by atoms with E-state index in [0.717, 1.165) is 19.3 Å².